The number of aromatic nitrogens is 3. The second-order valence-electron chi connectivity index (χ2n) is 2.92. The predicted molar refractivity (Wildman–Crippen MR) is 59.2 cm³/mol. The third kappa shape index (κ3) is 2.19. The summed E-state index contributed by atoms with van der Waals surface area (Å²) >= 11 is 4.99. The lowest BCUT2D eigenvalue weighted by Crippen LogP contribution is -1.88. The van der Waals surface area contributed by atoms with Gasteiger partial charge >= 0.3 is 0 Å². The van der Waals surface area contributed by atoms with Gasteiger partial charge in [0, 0.05) is 23.4 Å². The molecule has 2 heterocycles. The molecule has 2 rings (SSSR count). The first kappa shape index (κ1) is 9.79. The maximum atomic E-state index is 4.99. The molecule has 0 aromatic carbocycles. The van der Waals surface area contributed by atoms with Gasteiger partial charge < -0.3 is 4.74 Å². The molecule has 0 fully saturated rings. The summed E-state index contributed by atoms with van der Waals surface area (Å²) in [5.41, 5.74) is 1.90. The van der Waals surface area contributed by atoms with E-state index in [0.29, 0.717) is 10.5 Å². The lowest BCUT2D eigenvalue weighted by molar-refractivity contribution is 0.398. The van der Waals surface area contributed by atoms with E-state index in [9.17, 15) is 0 Å². The molecule has 0 aliphatic rings. The Kier molecular flexibility index (Phi) is 2.73. The smallest absolute Gasteiger partial charge is 0.212 e. The Bertz CT molecular complexity index is 507. The topological polar surface area (TPSA) is 50.8 Å². The van der Waals surface area contributed by atoms with Crippen molar-refractivity contribution in [2.45, 2.75) is 0 Å². The molecule has 0 aliphatic heterocycles. The van der Waals surface area contributed by atoms with Crippen LogP contribution in [0.1, 0.15) is 0 Å². The van der Waals surface area contributed by atoms with Crippen molar-refractivity contribution in [3.8, 4) is 17.0 Å². The predicted octanol–water partition coefficient (Wildman–Crippen LogP) is 2.21. The molecule has 2 aromatic heterocycles. The Labute approximate surface area is 92.0 Å². The van der Waals surface area contributed by atoms with Gasteiger partial charge in [0.05, 0.1) is 13.3 Å². The van der Waals surface area contributed by atoms with Crippen molar-refractivity contribution < 1.29 is 4.74 Å². The van der Waals surface area contributed by atoms with E-state index < -0.39 is 0 Å². The van der Waals surface area contributed by atoms with Crippen LogP contribution in [0.5, 0.6) is 5.88 Å². The number of methoxy groups -OCH3 is 1. The number of aromatic amines is 1. The van der Waals surface area contributed by atoms with Crippen LogP contribution in [-0.4, -0.2) is 22.3 Å². The molecule has 0 saturated carbocycles. The van der Waals surface area contributed by atoms with Gasteiger partial charge in [0.15, 0.2) is 0 Å². The van der Waals surface area contributed by atoms with Gasteiger partial charge in [-0.3, -0.25) is 5.10 Å². The molecular weight excluding hydrogens is 210 g/mol. The summed E-state index contributed by atoms with van der Waals surface area (Å²) in [6.45, 7) is 0. The summed E-state index contributed by atoms with van der Waals surface area (Å²) in [6.07, 6.45) is 3.43. The average Bonchev–Trinajstić information content (AvgIpc) is 2.29. The maximum absolute atomic E-state index is 4.99. The number of ether oxygens (including phenoxy) is 1. The fourth-order valence-electron chi connectivity index (χ4n) is 1.21. The van der Waals surface area contributed by atoms with Gasteiger partial charge in [0.2, 0.25) is 5.88 Å². The molecule has 4 nitrogen and oxygen atoms in total. The van der Waals surface area contributed by atoms with Crippen LogP contribution < -0.4 is 4.74 Å². The fraction of sp³-hybridized carbons (Fsp3) is 0.100. The lowest BCUT2D eigenvalue weighted by atomic mass is 10.1. The molecular formula is C10H9N3OS. The number of pyridine rings is 1. The van der Waals surface area contributed by atoms with Crippen LogP contribution in [0.4, 0.5) is 0 Å². The molecule has 0 saturated heterocycles. The molecule has 15 heavy (non-hydrogen) atoms. The first-order valence-electron chi connectivity index (χ1n) is 4.35. The van der Waals surface area contributed by atoms with Crippen LogP contribution in [0.15, 0.2) is 30.6 Å². The molecule has 2 aromatic rings. The third-order valence-corrected chi connectivity index (χ3v) is 2.15. The molecule has 76 valence electrons. The molecule has 0 unspecified atom stereocenters. The number of hydrogen-bond acceptors (Lipinski definition) is 4. The van der Waals surface area contributed by atoms with Crippen molar-refractivity contribution >= 4 is 12.2 Å². The highest BCUT2D eigenvalue weighted by Gasteiger charge is 1.99. The third-order valence-electron chi connectivity index (χ3n) is 1.94. The van der Waals surface area contributed by atoms with E-state index in [1.54, 1.807) is 25.6 Å². The summed E-state index contributed by atoms with van der Waals surface area (Å²) in [7, 11) is 1.59. The molecule has 0 bridgehead atoms. The van der Waals surface area contributed by atoms with E-state index in [2.05, 4.69) is 15.2 Å². The minimum absolute atomic E-state index is 0.591. The van der Waals surface area contributed by atoms with Gasteiger partial charge in [-0.1, -0.05) is 12.2 Å². The molecule has 0 amide bonds. The summed E-state index contributed by atoms with van der Waals surface area (Å²) in [5.74, 6) is 0.591. The maximum Gasteiger partial charge on any atom is 0.212 e. The highest BCUT2D eigenvalue weighted by atomic mass is 32.1. The van der Waals surface area contributed by atoms with Gasteiger partial charge in [-0.25, -0.2) is 4.98 Å². The number of nitrogens with zero attached hydrogens (tertiary/aromatic N) is 2. The van der Waals surface area contributed by atoms with Gasteiger partial charge in [-0.2, -0.15) is 5.10 Å². The summed E-state index contributed by atoms with van der Waals surface area (Å²) < 4.78 is 5.58. The second-order valence-corrected chi connectivity index (χ2v) is 3.36. The molecule has 0 atom stereocenters. The van der Waals surface area contributed by atoms with Crippen molar-refractivity contribution in [2.24, 2.45) is 0 Å². The quantitative estimate of drug-likeness (QED) is 0.787. The van der Waals surface area contributed by atoms with E-state index in [4.69, 9.17) is 17.0 Å². The van der Waals surface area contributed by atoms with Crippen LogP contribution in [0.2, 0.25) is 0 Å². The standard InChI is InChI=1S/C10H9N3OS/c1-14-9-3-2-7(5-11-9)8-4-10(15)13-12-6-8/h2-6H,1H3,(H,13,15). The van der Waals surface area contributed by atoms with Gasteiger partial charge in [-0.15, -0.1) is 0 Å². The van der Waals surface area contributed by atoms with E-state index in [0.717, 1.165) is 11.1 Å². The first-order chi connectivity index (χ1) is 7.29. The molecule has 0 aliphatic carbocycles. The number of hydrogen-bond donors (Lipinski definition) is 1. The van der Waals surface area contributed by atoms with E-state index in [1.165, 1.54) is 0 Å². The van der Waals surface area contributed by atoms with Gasteiger partial charge in [0.1, 0.15) is 4.64 Å². The zero-order valence-electron chi connectivity index (χ0n) is 8.10. The van der Waals surface area contributed by atoms with E-state index in [-0.39, 0.29) is 0 Å². The Balaban J connectivity index is 2.41. The van der Waals surface area contributed by atoms with Gasteiger partial charge in [0.25, 0.3) is 0 Å². The summed E-state index contributed by atoms with van der Waals surface area (Å²) in [6, 6.07) is 5.55. The monoisotopic (exact) mass is 219 g/mol. The average molecular weight is 219 g/mol. The minimum Gasteiger partial charge on any atom is -0.481 e. The van der Waals surface area contributed by atoms with Crippen molar-refractivity contribution in [3.63, 3.8) is 0 Å². The highest BCUT2D eigenvalue weighted by Crippen LogP contribution is 2.18. The number of nitrogens with one attached hydrogen (secondary N) is 1. The highest BCUT2D eigenvalue weighted by molar-refractivity contribution is 7.71. The fourth-order valence-corrected chi connectivity index (χ4v) is 1.39. The van der Waals surface area contributed by atoms with Crippen LogP contribution in [-0.2, 0) is 0 Å². The van der Waals surface area contributed by atoms with Crippen molar-refractivity contribution in [1.29, 1.82) is 0 Å². The van der Waals surface area contributed by atoms with Crippen LogP contribution in [0.3, 0.4) is 0 Å². The van der Waals surface area contributed by atoms with Crippen LogP contribution in [0.25, 0.3) is 11.1 Å². The summed E-state index contributed by atoms with van der Waals surface area (Å²) in [5, 5.41) is 6.60. The Morgan fingerprint density at radius 1 is 1.27 bits per heavy atom. The lowest BCUT2D eigenvalue weighted by Gasteiger charge is -2.01. The zero-order valence-corrected chi connectivity index (χ0v) is 8.91. The normalized spacial score (nSPS) is 9.93. The van der Waals surface area contributed by atoms with Crippen LogP contribution in [0, 0.1) is 4.64 Å². The molecule has 1 N–H and O–H groups in total. The summed E-state index contributed by atoms with van der Waals surface area (Å²) in [4.78, 5) is 4.11. The number of rotatable bonds is 2. The van der Waals surface area contributed by atoms with E-state index in [1.807, 2.05) is 12.1 Å². The Morgan fingerprint density at radius 3 is 2.73 bits per heavy atom. The van der Waals surface area contributed by atoms with Crippen molar-refractivity contribution in [3.05, 3.63) is 35.2 Å². The Morgan fingerprint density at radius 2 is 2.13 bits per heavy atom. The van der Waals surface area contributed by atoms with Gasteiger partial charge in [-0.05, 0) is 12.1 Å². The minimum atomic E-state index is 0.591. The van der Waals surface area contributed by atoms with Crippen molar-refractivity contribution in [1.82, 2.24) is 15.2 Å². The largest absolute Gasteiger partial charge is 0.481 e. The van der Waals surface area contributed by atoms with Crippen molar-refractivity contribution in [2.75, 3.05) is 7.11 Å². The second kappa shape index (κ2) is 4.18. The molecule has 5 heteroatoms. The molecule has 0 radical (unpaired) electrons. The zero-order chi connectivity index (χ0) is 10.7. The van der Waals surface area contributed by atoms with E-state index >= 15 is 0 Å². The molecule has 0 spiro atoms. The SMILES string of the molecule is COc1ccc(-c2cn[nH]c(=S)c2)cn1. The number of H-pyrrole nitrogens is 1. The Hall–Kier alpha value is -1.75. The first-order valence-corrected chi connectivity index (χ1v) is 4.75. The van der Waals surface area contributed by atoms with Crippen LogP contribution >= 0.6 is 12.2 Å².